The van der Waals surface area contributed by atoms with Crippen molar-refractivity contribution >= 4 is 17.2 Å². The summed E-state index contributed by atoms with van der Waals surface area (Å²) in [5.74, 6) is 0.0623. The van der Waals surface area contributed by atoms with E-state index < -0.39 is 18.7 Å². The highest BCUT2D eigenvalue weighted by molar-refractivity contribution is 5.73. The number of fused-ring (bicyclic) bond motifs is 2. The third kappa shape index (κ3) is 2.96. The Bertz CT molecular complexity index is 1080. The van der Waals surface area contributed by atoms with E-state index in [0.29, 0.717) is 35.0 Å². The van der Waals surface area contributed by atoms with E-state index in [0.717, 1.165) is 0 Å². The number of aromatic nitrogens is 3. The molecular weight excluding hydrogens is 333 g/mol. The van der Waals surface area contributed by atoms with E-state index in [-0.39, 0.29) is 11.7 Å². The van der Waals surface area contributed by atoms with Gasteiger partial charge in [-0.2, -0.15) is 5.10 Å². The molecule has 0 saturated heterocycles. The van der Waals surface area contributed by atoms with Crippen LogP contribution in [-0.4, -0.2) is 27.2 Å². The maximum atomic E-state index is 14.0. The summed E-state index contributed by atoms with van der Waals surface area (Å²) in [5, 5.41) is 10.4. The van der Waals surface area contributed by atoms with Crippen molar-refractivity contribution in [3.8, 4) is 5.75 Å². The highest BCUT2D eigenvalue weighted by atomic mass is 19.1. The maximum Gasteiger partial charge on any atom is 0.166 e. The zero-order chi connectivity index (χ0) is 20.8. The van der Waals surface area contributed by atoms with Gasteiger partial charge >= 0.3 is 0 Å². The van der Waals surface area contributed by atoms with Crippen LogP contribution >= 0.6 is 0 Å². The predicted molar refractivity (Wildman–Crippen MR) is 98.6 cm³/mol. The van der Waals surface area contributed by atoms with Crippen LogP contribution in [-0.2, 0) is 0 Å². The Morgan fingerprint density at radius 1 is 1.42 bits per heavy atom. The van der Waals surface area contributed by atoms with Crippen LogP contribution < -0.4 is 15.4 Å². The second-order valence-corrected chi connectivity index (χ2v) is 6.19. The first-order chi connectivity index (χ1) is 13.7. The summed E-state index contributed by atoms with van der Waals surface area (Å²) in [5.41, 5.74) is 2.02. The van der Waals surface area contributed by atoms with Gasteiger partial charge in [0, 0.05) is 21.6 Å². The Balaban J connectivity index is 1.89. The maximum absolute atomic E-state index is 14.0. The summed E-state index contributed by atoms with van der Waals surface area (Å²) in [4.78, 5) is 4.51. The summed E-state index contributed by atoms with van der Waals surface area (Å²) in [6.45, 7) is 3.79. The number of rotatable bonds is 0. The standard InChI is InChI=1S/C19H20FN5O/c1-11-9-21-12(2)16-10-22-25-7-6-18(24-19(16)25)23-13(3)15-8-14(20)4-5-17(15)26-11/h4-8,10-11,13,21H,2,9H2,1,3H3,(H,23,24)/t11-,13+/m0/s1/i3D3. The molecule has 3 aromatic rings. The average molecular weight is 356 g/mol. The largest absolute Gasteiger partial charge is 0.489 e. The topological polar surface area (TPSA) is 63.5 Å². The van der Waals surface area contributed by atoms with Gasteiger partial charge in [-0.15, -0.1) is 0 Å². The molecule has 6 nitrogen and oxygen atoms in total. The lowest BCUT2D eigenvalue weighted by atomic mass is 10.1. The molecule has 0 fully saturated rings. The quantitative estimate of drug-likeness (QED) is 0.646. The van der Waals surface area contributed by atoms with Crippen molar-refractivity contribution in [2.24, 2.45) is 0 Å². The lowest BCUT2D eigenvalue weighted by Crippen LogP contribution is -2.28. The third-order valence-corrected chi connectivity index (χ3v) is 4.20. The molecule has 2 aromatic heterocycles. The van der Waals surface area contributed by atoms with Crippen molar-refractivity contribution in [2.45, 2.75) is 25.9 Å². The predicted octanol–water partition coefficient (Wildman–Crippen LogP) is 3.38. The molecule has 0 aliphatic carbocycles. The van der Waals surface area contributed by atoms with Crippen molar-refractivity contribution in [1.29, 1.82) is 0 Å². The van der Waals surface area contributed by atoms with E-state index in [1.54, 1.807) is 23.0 Å². The number of hydrogen-bond acceptors (Lipinski definition) is 5. The van der Waals surface area contributed by atoms with Crippen LogP contribution in [0.3, 0.4) is 0 Å². The highest BCUT2D eigenvalue weighted by Crippen LogP contribution is 2.30. The van der Waals surface area contributed by atoms with Crippen LogP contribution in [0.4, 0.5) is 10.2 Å². The molecule has 2 atom stereocenters. The summed E-state index contributed by atoms with van der Waals surface area (Å²) in [6, 6.07) is 4.26. The van der Waals surface area contributed by atoms with Crippen LogP contribution in [0.15, 0.2) is 43.2 Å². The fourth-order valence-electron chi connectivity index (χ4n) is 2.86. The molecule has 134 valence electrons. The van der Waals surface area contributed by atoms with E-state index in [1.165, 1.54) is 18.2 Å². The van der Waals surface area contributed by atoms with E-state index >= 15 is 0 Å². The number of nitrogens with zero attached hydrogens (tertiary/aromatic N) is 3. The fraction of sp³-hybridized carbons (Fsp3) is 0.263. The average Bonchev–Trinajstić information content (AvgIpc) is 3.07. The molecule has 0 saturated carbocycles. The number of anilines is 1. The molecule has 7 heteroatoms. The SMILES string of the molecule is [2H]C([2H])([2H])[C@H]1Nc2ccn3ncc(c3n2)C(=C)NC[C@H](C)Oc2ccc(F)cc21. The van der Waals surface area contributed by atoms with Gasteiger partial charge in [-0.3, -0.25) is 0 Å². The molecule has 26 heavy (non-hydrogen) atoms. The van der Waals surface area contributed by atoms with E-state index in [2.05, 4.69) is 27.3 Å². The van der Waals surface area contributed by atoms with E-state index in [9.17, 15) is 4.39 Å². The number of nitrogens with one attached hydrogen (secondary N) is 2. The van der Waals surface area contributed by atoms with Gasteiger partial charge in [0.05, 0.1) is 24.3 Å². The molecule has 2 bridgehead atoms. The molecule has 3 heterocycles. The summed E-state index contributed by atoms with van der Waals surface area (Å²) in [7, 11) is 0. The van der Waals surface area contributed by atoms with Crippen molar-refractivity contribution in [3.63, 3.8) is 0 Å². The molecule has 2 N–H and O–H groups in total. The van der Waals surface area contributed by atoms with E-state index in [1.807, 2.05) is 6.92 Å². The smallest absolute Gasteiger partial charge is 0.166 e. The van der Waals surface area contributed by atoms with Crippen LogP contribution in [0, 0.1) is 5.82 Å². The summed E-state index contributed by atoms with van der Waals surface area (Å²) in [6.07, 6.45) is 2.97. The van der Waals surface area contributed by atoms with Gasteiger partial charge < -0.3 is 15.4 Å². The van der Waals surface area contributed by atoms with Gasteiger partial charge in [0.15, 0.2) is 5.65 Å². The molecule has 1 aromatic carbocycles. The third-order valence-electron chi connectivity index (χ3n) is 4.20. The van der Waals surface area contributed by atoms with Crippen molar-refractivity contribution < 1.29 is 13.2 Å². The van der Waals surface area contributed by atoms with Crippen LogP contribution in [0.2, 0.25) is 0 Å². The summed E-state index contributed by atoms with van der Waals surface area (Å²) < 4.78 is 45.6. The minimum absolute atomic E-state index is 0.199. The van der Waals surface area contributed by atoms with Gasteiger partial charge in [0.1, 0.15) is 23.5 Å². The molecule has 1 aliphatic rings. The Hall–Kier alpha value is -3.09. The minimum atomic E-state index is -2.48. The van der Waals surface area contributed by atoms with Gasteiger partial charge in [0.25, 0.3) is 0 Å². The lowest BCUT2D eigenvalue weighted by molar-refractivity contribution is 0.220. The van der Waals surface area contributed by atoms with Crippen LogP contribution in [0.5, 0.6) is 5.75 Å². The fourth-order valence-corrected chi connectivity index (χ4v) is 2.86. The minimum Gasteiger partial charge on any atom is -0.489 e. The molecular formula is C19H20FN5O. The second-order valence-electron chi connectivity index (χ2n) is 6.19. The van der Waals surface area contributed by atoms with Crippen LogP contribution in [0.25, 0.3) is 11.3 Å². The van der Waals surface area contributed by atoms with Gasteiger partial charge in [-0.1, -0.05) is 6.58 Å². The van der Waals surface area contributed by atoms with E-state index in [4.69, 9.17) is 8.85 Å². The Labute approximate surface area is 154 Å². The summed E-state index contributed by atoms with van der Waals surface area (Å²) >= 11 is 0. The van der Waals surface area contributed by atoms with Gasteiger partial charge in [0.2, 0.25) is 0 Å². The molecule has 4 rings (SSSR count). The number of ether oxygens (including phenoxy) is 1. The van der Waals surface area contributed by atoms with Crippen molar-refractivity contribution in [3.05, 3.63) is 60.2 Å². The molecule has 0 amide bonds. The van der Waals surface area contributed by atoms with Crippen molar-refractivity contribution in [1.82, 2.24) is 19.9 Å². The normalized spacial score (nSPS) is 22.4. The lowest BCUT2D eigenvalue weighted by Gasteiger charge is -2.22. The molecule has 0 spiro atoms. The molecule has 1 aliphatic heterocycles. The Kier molecular flexibility index (Phi) is 3.20. The second kappa shape index (κ2) is 6.33. The van der Waals surface area contributed by atoms with Crippen molar-refractivity contribution in [2.75, 3.05) is 11.9 Å². The van der Waals surface area contributed by atoms with Gasteiger partial charge in [-0.05, 0) is 38.0 Å². The zero-order valence-electron chi connectivity index (χ0n) is 17.2. The molecule has 0 radical (unpaired) electrons. The number of benzene rings is 1. The first-order valence-corrected chi connectivity index (χ1v) is 8.22. The Morgan fingerprint density at radius 3 is 3.15 bits per heavy atom. The zero-order valence-corrected chi connectivity index (χ0v) is 14.2. The monoisotopic (exact) mass is 356 g/mol. The van der Waals surface area contributed by atoms with Crippen LogP contribution in [0.1, 0.15) is 35.1 Å². The first-order valence-electron chi connectivity index (χ1n) is 9.72. The first kappa shape index (κ1) is 13.2. The highest BCUT2D eigenvalue weighted by Gasteiger charge is 2.18. The molecule has 0 unspecified atom stereocenters. The Morgan fingerprint density at radius 2 is 2.31 bits per heavy atom. The number of hydrogen-bond donors (Lipinski definition) is 2. The van der Waals surface area contributed by atoms with Gasteiger partial charge in [-0.25, -0.2) is 13.9 Å². The number of halogens is 1.